The first-order chi connectivity index (χ1) is 5.74. The molecule has 0 amide bonds. The summed E-state index contributed by atoms with van der Waals surface area (Å²) >= 11 is 3.42. The highest BCUT2D eigenvalue weighted by Crippen LogP contribution is 2.19. The summed E-state index contributed by atoms with van der Waals surface area (Å²) in [5, 5.41) is 0. The molecule has 0 aromatic carbocycles. The van der Waals surface area contributed by atoms with Crippen LogP contribution < -0.4 is 0 Å². The second kappa shape index (κ2) is 4.31. The number of ether oxygens (including phenoxy) is 1. The lowest BCUT2D eigenvalue weighted by Crippen LogP contribution is -1.86. The van der Waals surface area contributed by atoms with Crippen LogP contribution in [0.5, 0.6) is 0 Å². The Kier molecular flexibility index (Phi) is 3.35. The molecule has 0 aromatic heterocycles. The van der Waals surface area contributed by atoms with E-state index in [1.165, 1.54) is 5.57 Å². The maximum absolute atomic E-state index is 5.14. The van der Waals surface area contributed by atoms with Crippen LogP contribution in [-0.2, 0) is 4.74 Å². The zero-order valence-electron chi connectivity index (χ0n) is 7.17. The second-order valence-corrected chi connectivity index (χ2v) is 3.37. The predicted molar refractivity (Wildman–Crippen MR) is 55.0 cm³/mol. The third kappa shape index (κ3) is 2.38. The Hall–Kier alpha value is -0.760. The highest BCUT2D eigenvalue weighted by atomic mass is 79.9. The Labute approximate surface area is 81.2 Å². The molecular weight excluding hydrogens is 216 g/mol. The van der Waals surface area contributed by atoms with Crippen LogP contribution in [0.15, 0.2) is 46.2 Å². The van der Waals surface area contributed by atoms with Crippen molar-refractivity contribution in [1.29, 1.82) is 0 Å². The summed E-state index contributed by atoms with van der Waals surface area (Å²) < 4.78 is 6.11. The van der Waals surface area contributed by atoms with Crippen molar-refractivity contribution in [3.63, 3.8) is 0 Å². The fourth-order valence-corrected chi connectivity index (χ4v) is 1.30. The molecular formula is C10H11BrO. The lowest BCUT2D eigenvalue weighted by Gasteiger charge is -2.04. The van der Waals surface area contributed by atoms with Crippen LogP contribution in [0, 0.1) is 0 Å². The molecule has 2 heteroatoms. The highest BCUT2D eigenvalue weighted by molar-refractivity contribution is 9.11. The molecule has 1 aliphatic rings. The van der Waals surface area contributed by atoms with Crippen molar-refractivity contribution in [2.45, 2.75) is 6.92 Å². The minimum absolute atomic E-state index is 0.843. The second-order valence-electron chi connectivity index (χ2n) is 2.52. The van der Waals surface area contributed by atoms with Crippen molar-refractivity contribution in [2.75, 3.05) is 7.11 Å². The SMILES string of the molecule is COC1=CC=CC(C)=CC=C1Br. The van der Waals surface area contributed by atoms with Gasteiger partial charge in [0.2, 0.25) is 0 Å². The first-order valence-corrected chi connectivity index (χ1v) is 4.50. The number of rotatable bonds is 1. The summed E-state index contributed by atoms with van der Waals surface area (Å²) in [7, 11) is 1.66. The summed E-state index contributed by atoms with van der Waals surface area (Å²) in [5.41, 5.74) is 1.22. The van der Waals surface area contributed by atoms with Crippen LogP contribution in [0.2, 0.25) is 0 Å². The first kappa shape index (κ1) is 9.33. The van der Waals surface area contributed by atoms with Gasteiger partial charge in [-0.3, -0.25) is 0 Å². The molecule has 12 heavy (non-hydrogen) atoms. The largest absolute Gasteiger partial charge is 0.496 e. The van der Waals surface area contributed by atoms with Crippen molar-refractivity contribution in [3.8, 4) is 0 Å². The van der Waals surface area contributed by atoms with Gasteiger partial charge < -0.3 is 4.74 Å². The van der Waals surface area contributed by atoms with Gasteiger partial charge in [-0.25, -0.2) is 0 Å². The topological polar surface area (TPSA) is 9.23 Å². The average Bonchev–Trinajstić information content (AvgIpc) is 2.06. The molecule has 0 aromatic rings. The maximum Gasteiger partial charge on any atom is 0.133 e. The number of allylic oxidation sites excluding steroid dienone is 7. The van der Waals surface area contributed by atoms with E-state index >= 15 is 0 Å². The zero-order valence-corrected chi connectivity index (χ0v) is 8.76. The van der Waals surface area contributed by atoms with Crippen molar-refractivity contribution in [3.05, 3.63) is 46.2 Å². The van der Waals surface area contributed by atoms with Crippen LogP contribution in [0.25, 0.3) is 0 Å². The third-order valence-electron chi connectivity index (χ3n) is 1.55. The molecule has 64 valence electrons. The fourth-order valence-electron chi connectivity index (χ4n) is 0.875. The summed E-state index contributed by atoms with van der Waals surface area (Å²) in [6, 6.07) is 0. The molecule has 0 unspecified atom stereocenters. The van der Waals surface area contributed by atoms with Crippen molar-refractivity contribution < 1.29 is 4.74 Å². The summed E-state index contributed by atoms with van der Waals surface area (Å²) in [6.45, 7) is 2.05. The van der Waals surface area contributed by atoms with Crippen LogP contribution >= 0.6 is 15.9 Å². The molecule has 0 heterocycles. The standard InChI is InChI=1S/C10H11BrO/c1-8-4-3-5-10(12-2)9(11)7-6-8/h3-7H,1-2H3. The lowest BCUT2D eigenvalue weighted by molar-refractivity contribution is 0.305. The maximum atomic E-state index is 5.14. The van der Waals surface area contributed by atoms with Gasteiger partial charge >= 0.3 is 0 Å². The van der Waals surface area contributed by atoms with E-state index in [4.69, 9.17) is 4.74 Å². The molecule has 0 radical (unpaired) electrons. The van der Waals surface area contributed by atoms with Gasteiger partial charge in [0.15, 0.2) is 0 Å². The van der Waals surface area contributed by atoms with Gasteiger partial charge in [0.25, 0.3) is 0 Å². The smallest absolute Gasteiger partial charge is 0.133 e. The normalized spacial score (nSPS) is 17.1. The van der Waals surface area contributed by atoms with E-state index in [1.54, 1.807) is 7.11 Å². The molecule has 0 saturated heterocycles. The molecule has 0 saturated carbocycles. The molecule has 1 rings (SSSR count). The van der Waals surface area contributed by atoms with Gasteiger partial charge in [-0.05, 0) is 35.0 Å². The van der Waals surface area contributed by atoms with Crippen LogP contribution in [0.1, 0.15) is 6.92 Å². The molecule has 1 aliphatic carbocycles. The van der Waals surface area contributed by atoms with Crippen molar-refractivity contribution in [2.24, 2.45) is 0 Å². The Morgan fingerprint density at radius 3 is 2.67 bits per heavy atom. The Bertz CT molecular complexity index is 282. The molecule has 0 spiro atoms. The number of hydrogen-bond donors (Lipinski definition) is 0. The van der Waals surface area contributed by atoms with Crippen molar-refractivity contribution in [1.82, 2.24) is 0 Å². The van der Waals surface area contributed by atoms with Crippen LogP contribution in [0.3, 0.4) is 0 Å². The van der Waals surface area contributed by atoms with Crippen LogP contribution in [0.4, 0.5) is 0 Å². The first-order valence-electron chi connectivity index (χ1n) is 3.71. The monoisotopic (exact) mass is 226 g/mol. The molecule has 0 bridgehead atoms. The van der Waals surface area contributed by atoms with E-state index in [-0.39, 0.29) is 0 Å². The Morgan fingerprint density at radius 1 is 1.25 bits per heavy atom. The summed E-state index contributed by atoms with van der Waals surface area (Å²) in [4.78, 5) is 0. The molecule has 1 nitrogen and oxygen atoms in total. The van der Waals surface area contributed by atoms with Gasteiger partial charge in [0, 0.05) is 0 Å². The zero-order chi connectivity index (χ0) is 8.97. The molecule has 0 N–H and O–H groups in total. The summed E-state index contributed by atoms with van der Waals surface area (Å²) in [5.74, 6) is 0.843. The van der Waals surface area contributed by atoms with E-state index in [1.807, 2.05) is 30.4 Å². The van der Waals surface area contributed by atoms with E-state index < -0.39 is 0 Å². The van der Waals surface area contributed by atoms with Gasteiger partial charge in [-0.15, -0.1) is 0 Å². The molecule has 0 fully saturated rings. The van der Waals surface area contributed by atoms with E-state index in [9.17, 15) is 0 Å². The van der Waals surface area contributed by atoms with Crippen LogP contribution in [-0.4, -0.2) is 7.11 Å². The fraction of sp³-hybridized carbons (Fsp3) is 0.200. The van der Waals surface area contributed by atoms with Gasteiger partial charge in [0.05, 0.1) is 11.6 Å². The number of halogens is 1. The average molecular weight is 227 g/mol. The lowest BCUT2D eigenvalue weighted by atomic mass is 10.2. The Balaban J connectivity index is 2.96. The third-order valence-corrected chi connectivity index (χ3v) is 2.21. The minimum Gasteiger partial charge on any atom is -0.496 e. The molecule has 0 atom stereocenters. The highest BCUT2D eigenvalue weighted by Gasteiger charge is 1.99. The van der Waals surface area contributed by atoms with Gasteiger partial charge in [-0.1, -0.05) is 23.8 Å². The van der Waals surface area contributed by atoms with E-state index in [0.717, 1.165) is 10.2 Å². The van der Waals surface area contributed by atoms with Gasteiger partial charge in [-0.2, -0.15) is 0 Å². The van der Waals surface area contributed by atoms with Crippen molar-refractivity contribution >= 4 is 15.9 Å². The molecule has 0 aliphatic heterocycles. The number of methoxy groups -OCH3 is 1. The Morgan fingerprint density at radius 2 is 2.00 bits per heavy atom. The predicted octanol–water partition coefficient (Wildman–Crippen LogP) is 3.31. The summed E-state index contributed by atoms with van der Waals surface area (Å²) in [6.07, 6.45) is 9.95. The van der Waals surface area contributed by atoms with E-state index in [2.05, 4.69) is 22.9 Å². The quantitative estimate of drug-likeness (QED) is 0.667. The van der Waals surface area contributed by atoms with E-state index in [0.29, 0.717) is 0 Å². The minimum atomic E-state index is 0.843. The van der Waals surface area contributed by atoms with Gasteiger partial charge in [0.1, 0.15) is 5.76 Å². The number of hydrogen-bond acceptors (Lipinski definition) is 1.